The van der Waals surface area contributed by atoms with Crippen LogP contribution in [0.1, 0.15) is 104 Å². The van der Waals surface area contributed by atoms with Crippen molar-refractivity contribution in [3.63, 3.8) is 0 Å². The molecule has 2 aliphatic heterocycles. The van der Waals surface area contributed by atoms with Crippen LogP contribution in [0.15, 0.2) is 168 Å². The average Bonchev–Trinajstić information content (AvgIpc) is 1.80. The summed E-state index contributed by atoms with van der Waals surface area (Å²) >= 11 is 1.95. The van der Waals surface area contributed by atoms with E-state index in [1.807, 2.05) is 11.3 Å². The standard InChI is InChI=1S/C71H61BN4OS/c1-68(2,3)41-25-28-44(29-26-41)76-55-35-47-46-34-50-51(71(9,10)32-31-70(50,7)8)37-60(46)78-59(47)36-49(55)63-64-65-61(62-45-23-17-18-24-58(45)77-66(62)63)48-33-42(69(4,5)6)27-30-54(48)75(65)56-39-57-53(38-52(56)72(64)76)73-67(40-19-13-11-14-20-40)74(57)43-21-15-12-16-22-43/h11-30,33-39H,31-32H2,1-10H3. The molecule has 9 aromatic carbocycles. The molecule has 0 N–H and O–H groups in total. The highest BCUT2D eigenvalue weighted by molar-refractivity contribution is 7.25. The van der Waals surface area contributed by atoms with Gasteiger partial charge in [0.1, 0.15) is 17.0 Å². The highest BCUT2D eigenvalue weighted by atomic mass is 32.1. The molecule has 0 radical (unpaired) electrons. The van der Waals surface area contributed by atoms with Crippen molar-refractivity contribution in [1.82, 2.24) is 14.1 Å². The summed E-state index contributed by atoms with van der Waals surface area (Å²) in [6.45, 7) is 23.5. The molecule has 5 nitrogen and oxygen atoms in total. The van der Waals surface area contributed by atoms with Gasteiger partial charge in [0, 0.05) is 81.2 Å². The molecule has 78 heavy (non-hydrogen) atoms. The Hall–Kier alpha value is -7.87. The second-order valence-corrected chi connectivity index (χ2v) is 27.3. The fourth-order valence-electron chi connectivity index (χ4n) is 14.2. The van der Waals surface area contributed by atoms with Crippen molar-refractivity contribution >= 4 is 115 Å². The number of aromatic nitrogens is 3. The van der Waals surface area contributed by atoms with Gasteiger partial charge in [-0.15, -0.1) is 11.3 Å². The molecule has 7 heteroatoms. The first kappa shape index (κ1) is 46.3. The number of benzene rings is 9. The number of imidazole rings is 1. The number of hydrogen-bond acceptors (Lipinski definition) is 4. The van der Waals surface area contributed by atoms with Crippen LogP contribution < -0.4 is 15.7 Å². The molecule has 3 aliphatic rings. The van der Waals surface area contributed by atoms with Gasteiger partial charge in [-0.3, -0.25) is 4.57 Å². The zero-order valence-electron chi connectivity index (χ0n) is 46.2. The number of hydrogen-bond donors (Lipinski definition) is 0. The summed E-state index contributed by atoms with van der Waals surface area (Å²) in [6.07, 6.45) is 2.36. The van der Waals surface area contributed by atoms with Crippen LogP contribution in [0.2, 0.25) is 0 Å². The van der Waals surface area contributed by atoms with Crippen LogP contribution in [0, 0.1) is 0 Å². The first-order valence-electron chi connectivity index (χ1n) is 28.0. The lowest BCUT2D eigenvalue weighted by Gasteiger charge is -2.42. The first-order valence-corrected chi connectivity index (χ1v) is 28.8. The Labute approximate surface area is 459 Å². The van der Waals surface area contributed by atoms with Crippen LogP contribution in [-0.4, -0.2) is 21.0 Å². The van der Waals surface area contributed by atoms with Crippen molar-refractivity contribution in [2.24, 2.45) is 0 Å². The van der Waals surface area contributed by atoms with Crippen molar-refractivity contribution in [3.8, 4) is 33.9 Å². The molecule has 0 unspecified atom stereocenters. The van der Waals surface area contributed by atoms with Crippen molar-refractivity contribution in [3.05, 3.63) is 186 Å². The van der Waals surface area contributed by atoms with Gasteiger partial charge < -0.3 is 13.8 Å². The van der Waals surface area contributed by atoms with Crippen LogP contribution in [0.4, 0.5) is 11.4 Å². The molecule has 0 saturated heterocycles. The van der Waals surface area contributed by atoms with Gasteiger partial charge in [-0.05, 0) is 147 Å². The SMILES string of the molecule is CC(C)(C)c1ccc(N2B3c4cc5nc(-c6ccccc6)n(-c6ccccc6)c5cc4-n4c5ccc(C(C)(C)C)cc5c5c6c(oc7ccccc76)c(c3c54)-c3cc4sc5cc6c(cc5c4cc32)C(C)(C)CCC6(C)C)cc1. The van der Waals surface area contributed by atoms with E-state index in [9.17, 15) is 0 Å². The molecular weight excluding hydrogens is 968 g/mol. The molecule has 0 spiro atoms. The molecule has 1 aliphatic carbocycles. The lowest BCUT2D eigenvalue weighted by Crippen LogP contribution is -2.60. The summed E-state index contributed by atoms with van der Waals surface area (Å²) in [4.78, 5) is 8.37. The number of anilines is 2. The predicted molar refractivity (Wildman–Crippen MR) is 333 cm³/mol. The number of thiophene rings is 1. The highest BCUT2D eigenvalue weighted by Crippen LogP contribution is 2.55. The Morgan fingerprint density at radius 2 is 1.21 bits per heavy atom. The number of para-hydroxylation sites is 2. The van der Waals surface area contributed by atoms with E-state index in [0.29, 0.717) is 0 Å². The third-order valence-electron chi connectivity index (χ3n) is 18.4. The molecule has 0 saturated carbocycles. The molecule has 0 atom stereocenters. The Kier molecular flexibility index (Phi) is 9.16. The molecular formula is C71H61BN4OS. The summed E-state index contributed by atoms with van der Waals surface area (Å²) in [7, 11) is 0. The minimum atomic E-state index is -0.261. The third kappa shape index (κ3) is 6.28. The molecule has 380 valence electrons. The van der Waals surface area contributed by atoms with Crippen molar-refractivity contribution in [2.45, 2.75) is 104 Å². The number of nitrogens with zero attached hydrogens (tertiary/aromatic N) is 4. The van der Waals surface area contributed by atoms with E-state index in [1.54, 1.807) is 0 Å². The van der Waals surface area contributed by atoms with Crippen molar-refractivity contribution in [2.75, 3.05) is 4.81 Å². The van der Waals surface area contributed by atoms with E-state index in [2.05, 4.69) is 247 Å². The summed E-state index contributed by atoms with van der Waals surface area (Å²) in [6, 6.07) is 62.1. The smallest absolute Gasteiger partial charge is 0.333 e. The van der Waals surface area contributed by atoms with E-state index in [-0.39, 0.29) is 28.5 Å². The lowest BCUT2D eigenvalue weighted by atomic mass is 9.43. The fraction of sp³-hybridized carbons (Fsp3) is 0.225. The Balaban J connectivity index is 1.11. The van der Waals surface area contributed by atoms with Gasteiger partial charge in [-0.1, -0.05) is 154 Å². The van der Waals surface area contributed by atoms with Gasteiger partial charge >= 0.3 is 6.85 Å². The Morgan fingerprint density at radius 1 is 0.551 bits per heavy atom. The zero-order valence-corrected chi connectivity index (χ0v) is 47.0. The topological polar surface area (TPSA) is 39.1 Å². The summed E-state index contributed by atoms with van der Waals surface area (Å²) in [5.41, 5.74) is 22.5. The van der Waals surface area contributed by atoms with Gasteiger partial charge in [-0.2, -0.15) is 0 Å². The average molecular weight is 1030 g/mol. The van der Waals surface area contributed by atoms with Crippen molar-refractivity contribution < 1.29 is 4.42 Å². The summed E-state index contributed by atoms with van der Waals surface area (Å²) in [5.74, 6) is 0.919. The highest BCUT2D eigenvalue weighted by Gasteiger charge is 2.47. The molecule has 13 aromatic rings. The van der Waals surface area contributed by atoms with Crippen LogP contribution in [0.5, 0.6) is 0 Å². The van der Waals surface area contributed by atoms with Gasteiger partial charge in [0.25, 0.3) is 0 Å². The third-order valence-corrected chi connectivity index (χ3v) is 19.6. The zero-order chi connectivity index (χ0) is 53.1. The molecule has 0 bridgehead atoms. The quantitative estimate of drug-likeness (QED) is 0.166. The maximum Gasteiger partial charge on any atom is 0.333 e. The lowest BCUT2D eigenvalue weighted by molar-refractivity contribution is 0.332. The number of fused-ring (bicyclic) bond motifs is 18. The summed E-state index contributed by atoms with van der Waals surface area (Å²) < 4.78 is 15.1. The predicted octanol–water partition coefficient (Wildman–Crippen LogP) is 18.2. The maximum absolute atomic E-state index is 7.46. The van der Waals surface area contributed by atoms with Gasteiger partial charge in [0.05, 0.1) is 22.1 Å². The van der Waals surface area contributed by atoms with E-state index >= 15 is 0 Å². The normalized spacial score (nSPS) is 15.6. The van der Waals surface area contributed by atoms with Crippen molar-refractivity contribution in [1.29, 1.82) is 0 Å². The van der Waals surface area contributed by atoms with E-state index in [1.165, 1.54) is 110 Å². The van der Waals surface area contributed by atoms with Gasteiger partial charge in [0.2, 0.25) is 0 Å². The monoisotopic (exact) mass is 1030 g/mol. The maximum atomic E-state index is 7.46. The van der Waals surface area contributed by atoms with E-state index in [4.69, 9.17) is 9.40 Å². The largest absolute Gasteiger partial charge is 0.455 e. The van der Waals surface area contributed by atoms with Crippen LogP contribution in [0.3, 0.4) is 0 Å². The van der Waals surface area contributed by atoms with E-state index < -0.39 is 0 Å². The van der Waals surface area contributed by atoms with Crippen LogP contribution in [0.25, 0.3) is 109 Å². The second-order valence-electron chi connectivity index (χ2n) is 26.2. The molecule has 0 fully saturated rings. The van der Waals surface area contributed by atoms with Gasteiger partial charge in [-0.25, -0.2) is 4.98 Å². The summed E-state index contributed by atoms with van der Waals surface area (Å²) in [5, 5.41) is 7.47. The minimum Gasteiger partial charge on any atom is -0.455 e. The molecule has 4 aromatic heterocycles. The van der Waals surface area contributed by atoms with Crippen LogP contribution >= 0.6 is 11.3 Å². The number of rotatable bonds is 3. The first-order chi connectivity index (χ1) is 37.4. The second kappa shape index (κ2) is 15.4. The molecule has 0 amide bonds. The Morgan fingerprint density at radius 3 is 1.94 bits per heavy atom. The number of furan rings is 1. The molecule has 6 heterocycles. The van der Waals surface area contributed by atoms with Crippen LogP contribution in [-0.2, 0) is 21.7 Å². The van der Waals surface area contributed by atoms with E-state index in [0.717, 1.165) is 56.0 Å². The fourth-order valence-corrected chi connectivity index (χ4v) is 15.3. The molecule has 16 rings (SSSR count). The minimum absolute atomic E-state index is 0.0167. The van der Waals surface area contributed by atoms with Gasteiger partial charge in [0.15, 0.2) is 0 Å². The Bertz CT molecular complexity index is 4750.